The lowest BCUT2D eigenvalue weighted by Crippen LogP contribution is -2.60. The van der Waals surface area contributed by atoms with Gasteiger partial charge in [-0.3, -0.25) is 9.80 Å². The van der Waals surface area contributed by atoms with Gasteiger partial charge in [0.1, 0.15) is 5.54 Å². The molecule has 1 fully saturated rings. The second-order valence-corrected chi connectivity index (χ2v) is 9.03. The number of carbonyl (C=O) groups is 1. The van der Waals surface area contributed by atoms with Crippen LogP contribution < -0.4 is 9.80 Å². The van der Waals surface area contributed by atoms with Crippen molar-refractivity contribution in [3.63, 3.8) is 0 Å². The van der Waals surface area contributed by atoms with Crippen LogP contribution in [0.25, 0.3) is 0 Å². The highest BCUT2D eigenvalue weighted by molar-refractivity contribution is 6.31. The SMILES string of the molecule is COC[C@@]1(C)N(c2ccc(Cl)cc2)C(=O)N(c2ccc(Cl)cc2)[C@@]1(O)c1cccc(C)c1. The maximum Gasteiger partial charge on any atom is 0.332 e. The summed E-state index contributed by atoms with van der Waals surface area (Å²) in [4.78, 5) is 17.0. The van der Waals surface area contributed by atoms with E-state index in [1.54, 1.807) is 60.5 Å². The first-order chi connectivity index (χ1) is 15.2. The zero-order valence-corrected chi connectivity index (χ0v) is 19.6. The van der Waals surface area contributed by atoms with Crippen molar-refractivity contribution in [2.24, 2.45) is 0 Å². The number of benzene rings is 3. The fraction of sp³-hybridized carbons (Fsp3) is 0.240. The van der Waals surface area contributed by atoms with Gasteiger partial charge in [0.15, 0.2) is 5.72 Å². The quantitative estimate of drug-likeness (QED) is 0.497. The van der Waals surface area contributed by atoms with Gasteiger partial charge in [-0.1, -0.05) is 53.0 Å². The van der Waals surface area contributed by atoms with Crippen LogP contribution >= 0.6 is 23.2 Å². The molecule has 0 unspecified atom stereocenters. The molecule has 0 radical (unpaired) electrons. The van der Waals surface area contributed by atoms with Crippen molar-refractivity contribution < 1.29 is 14.6 Å². The van der Waals surface area contributed by atoms with E-state index < -0.39 is 17.3 Å². The molecule has 3 aromatic rings. The van der Waals surface area contributed by atoms with E-state index in [1.165, 1.54) is 4.90 Å². The Morgan fingerprint density at radius 3 is 1.94 bits per heavy atom. The van der Waals surface area contributed by atoms with Crippen molar-refractivity contribution >= 4 is 40.6 Å². The first-order valence-corrected chi connectivity index (χ1v) is 10.9. The second kappa shape index (κ2) is 8.41. The number of aryl methyl sites for hydroxylation is 1. The summed E-state index contributed by atoms with van der Waals surface area (Å²) < 4.78 is 5.58. The van der Waals surface area contributed by atoms with E-state index in [4.69, 9.17) is 27.9 Å². The summed E-state index contributed by atoms with van der Waals surface area (Å²) in [7, 11) is 1.55. The van der Waals surface area contributed by atoms with Crippen LogP contribution in [0.2, 0.25) is 10.0 Å². The molecule has 1 N–H and O–H groups in total. The van der Waals surface area contributed by atoms with E-state index in [-0.39, 0.29) is 6.61 Å². The van der Waals surface area contributed by atoms with Crippen LogP contribution in [0.5, 0.6) is 0 Å². The van der Waals surface area contributed by atoms with Crippen molar-refractivity contribution in [3.8, 4) is 0 Å². The van der Waals surface area contributed by atoms with Gasteiger partial charge in [-0.25, -0.2) is 4.79 Å². The van der Waals surface area contributed by atoms with E-state index in [1.807, 2.05) is 38.1 Å². The van der Waals surface area contributed by atoms with E-state index in [2.05, 4.69) is 0 Å². The van der Waals surface area contributed by atoms with Crippen LogP contribution in [0.15, 0.2) is 72.8 Å². The molecular weight excluding hydrogens is 447 g/mol. The number of aliphatic hydroxyl groups is 1. The molecule has 0 aromatic heterocycles. The number of nitrogens with zero attached hydrogens (tertiary/aromatic N) is 2. The fourth-order valence-corrected chi connectivity index (χ4v) is 4.72. The average molecular weight is 471 g/mol. The van der Waals surface area contributed by atoms with Gasteiger partial charge in [-0.05, 0) is 62.4 Å². The van der Waals surface area contributed by atoms with Gasteiger partial charge < -0.3 is 9.84 Å². The minimum Gasteiger partial charge on any atom is -0.382 e. The van der Waals surface area contributed by atoms with Crippen molar-refractivity contribution in [1.82, 2.24) is 0 Å². The number of hydrogen-bond acceptors (Lipinski definition) is 3. The number of urea groups is 1. The molecule has 2 atom stereocenters. The Balaban J connectivity index is 2.01. The summed E-state index contributed by atoms with van der Waals surface area (Å²) in [6.07, 6.45) is 0. The highest BCUT2D eigenvalue weighted by atomic mass is 35.5. The maximum absolute atomic E-state index is 14.0. The van der Waals surface area contributed by atoms with E-state index in [9.17, 15) is 9.90 Å². The highest BCUT2D eigenvalue weighted by Gasteiger charge is 2.66. The van der Waals surface area contributed by atoms with Crippen LogP contribution in [0.3, 0.4) is 0 Å². The van der Waals surface area contributed by atoms with Crippen LogP contribution in [0, 0.1) is 6.92 Å². The Morgan fingerprint density at radius 2 is 1.44 bits per heavy atom. The predicted molar refractivity (Wildman–Crippen MR) is 129 cm³/mol. The van der Waals surface area contributed by atoms with Gasteiger partial charge in [-0.2, -0.15) is 0 Å². The van der Waals surface area contributed by atoms with Gasteiger partial charge >= 0.3 is 6.03 Å². The number of ether oxygens (including phenoxy) is 1. The second-order valence-electron chi connectivity index (χ2n) is 8.15. The molecular formula is C25H24Cl2N2O3. The third kappa shape index (κ3) is 3.46. The number of amides is 2. The minimum absolute atomic E-state index is 0.0793. The van der Waals surface area contributed by atoms with Crippen LogP contribution in [0.1, 0.15) is 18.1 Å². The summed E-state index contributed by atoms with van der Waals surface area (Å²) in [6, 6.07) is 20.9. The molecule has 1 aliphatic rings. The Bertz CT molecular complexity index is 1140. The lowest BCUT2D eigenvalue weighted by molar-refractivity contribution is -0.0410. The molecule has 3 aromatic carbocycles. The minimum atomic E-state index is -1.75. The molecule has 5 nitrogen and oxygen atoms in total. The molecule has 32 heavy (non-hydrogen) atoms. The molecule has 0 aliphatic carbocycles. The Morgan fingerprint density at radius 1 is 0.906 bits per heavy atom. The standard InChI is InChI=1S/C25H24Cl2N2O3/c1-17-5-4-6-18(15-17)25(31)24(2,16-32-3)28(21-11-7-19(26)8-12-21)23(30)29(25)22-13-9-20(27)10-14-22/h4-15,31H,16H2,1-3H3/t24-,25-/m1/s1. The van der Waals surface area contributed by atoms with Crippen molar-refractivity contribution in [2.45, 2.75) is 25.1 Å². The summed E-state index contributed by atoms with van der Waals surface area (Å²) in [5.41, 5.74) is -0.274. The van der Waals surface area contributed by atoms with Crippen molar-refractivity contribution in [2.75, 3.05) is 23.5 Å². The van der Waals surface area contributed by atoms with Gasteiger partial charge in [0.25, 0.3) is 0 Å². The molecule has 7 heteroatoms. The van der Waals surface area contributed by atoms with Crippen LogP contribution in [-0.2, 0) is 10.5 Å². The third-order valence-corrected chi connectivity index (χ3v) is 6.47. The lowest BCUT2D eigenvalue weighted by atomic mass is 9.82. The summed E-state index contributed by atoms with van der Waals surface area (Å²) >= 11 is 12.2. The van der Waals surface area contributed by atoms with Crippen LogP contribution in [0.4, 0.5) is 16.2 Å². The molecule has 1 heterocycles. The largest absolute Gasteiger partial charge is 0.382 e. The van der Waals surface area contributed by atoms with Gasteiger partial charge in [0, 0.05) is 34.1 Å². The molecule has 0 bridgehead atoms. The highest BCUT2D eigenvalue weighted by Crippen LogP contribution is 2.51. The molecule has 1 aliphatic heterocycles. The lowest BCUT2D eigenvalue weighted by Gasteiger charge is -2.44. The molecule has 0 spiro atoms. The summed E-state index contributed by atoms with van der Waals surface area (Å²) in [6.45, 7) is 3.85. The Hall–Kier alpha value is -2.57. The molecule has 2 amide bonds. The smallest absolute Gasteiger partial charge is 0.332 e. The van der Waals surface area contributed by atoms with Crippen LogP contribution in [-0.4, -0.2) is 30.4 Å². The van der Waals surface area contributed by atoms with E-state index in [0.29, 0.717) is 27.0 Å². The monoisotopic (exact) mass is 470 g/mol. The van der Waals surface area contributed by atoms with Gasteiger partial charge in [0.05, 0.1) is 6.61 Å². The number of rotatable bonds is 5. The van der Waals surface area contributed by atoms with E-state index >= 15 is 0 Å². The summed E-state index contributed by atoms with van der Waals surface area (Å²) in [5, 5.41) is 13.6. The summed E-state index contributed by atoms with van der Waals surface area (Å²) in [5.74, 6) is 0. The number of hydrogen-bond donors (Lipinski definition) is 1. The number of methoxy groups -OCH3 is 1. The zero-order valence-electron chi connectivity index (χ0n) is 18.0. The number of halogens is 2. The van der Waals surface area contributed by atoms with Gasteiger partial charge in [-0.15, -0.1) is 0 Å². The van der Waals surface area contributed by atoms with Gasteiger partial charge in [0.2, 0.25) is 0 Å². The Labute approximate surface area is 197 Å². The fourth-order valence-electron chi connectivity index (χ4n) is 4.47. The van der Waals surface area contributed by atoms with E-state index in [0.717, 1.165) is 5.56 Å². The topological polar surface area (TPSA) is 53.0 Å². The van der Waals surface area contributed by atoms with Crippen molar-refractivity contribution in [1.29, 1.82) is 0 Å². The normalized spacial score (nSPS) is 23.1. The molecule has 4 rings (SSSR count). The first kappa shape index (κ1) is 22.6. The Kier molecular flexibility index (Phi) is 5.94. The first-order valence-electron chi connectivity index (χ1n) is 10.2. The molecule has 166 valence electrons. The number of anilines is 2. The molecule has 0 saturated carbocycles. The van der Waals surface area contributed by atoms with Crippen molar-refractivity contribution in [3.05, 3.63) is 94.0 Å². The predicted octanol–water partition coefficient (Wildman–Crippen LogP) is 6.00. The average Bonchev–Trinajstić information content (AvgIpc) is 2.93. The number of carbonyl (C=O) groups excluding carboxylic acids is 1. The maximum atomic E-state index is 14.0. The third-order valence-electron chi connectivity index (χ3n) is 5.97. The zero-order chi connectivity index (χ0) is 23.1. The molecule has 1 saturated heterocycles.